The zero-order valence-electron chi connectivity index (χ0n) is 19.1. The molecule has 0 N–H and O–H groups in total. The van der Waals surface area contributed by atoms with E-state index in [1.807, 2.05) is 38.1 Å². The van der Waals surface area contributed by atoms with E-state index in [0.717, 1.165) is 40.6 Å². The molecule has 1 aliphatic rings. The molecule has 1 unspecified atom stereocenters. The van der Waals surface area contributed by atoms with Crippen molar-refractivity contribution in [3.8, 4) is 0 Å². The highest BCUT2D eigenvalue weighted by Crippen LogP contribution is 2.34. The van der Waals surface area contributed by atoms with Gasteiger partial charge in [-0.1, -0.05) is 61.0 Å². The van der Waals surface area contributed by atoms with E-state index in [4.69, 9.17) is 0 Å². The molecule has 0 spiro atoms. The molecule has 33 heavy (non-hydrogen) atoms. The maximum absolute atomic E-state index is 15.6. The van der Waals surface area contributed by atoms with Crippen molar-refractivity contribution in [1.29, 1.82) is 0 Å². The van der Waals surface area contributed by atoms with E-state index >= 15 is 4.39 Å². The van der Waals surface area contributed by atoms with Gasteiger partial charge >= 0.3 is 0 Å². The minimum Gasteiger partial charge on any atom is -0.331 e. The topological polar surface area (TPSA) is 38.1 Å². The number of nitrogens with zero attached hydrogens (tertiary/aromatic N) is 3. The summed E-state index contributed by atoms with van der Waals surface area (Å²) in [6.07, 6.45) is -0.724. The van der Waals surface area contributed by atoms with Gasteiger partial charge in [0.05, 0.1) is 6.04 Å². The first kappa shape index (κ1) is 23.1. The first-order valence-corrected chi connectivity index (χ1v) is 11.3. The van der Waals surface area contributed by atoms with E-state index in [9.17, 15) is 13.6 Å². The first-order chi connectivity index (χ1) is 15.8. The number of aromatic nitrogens is 2. The molecule has 1 aliphatic carbocycles. The van der Waals surface area contributed by atoms with Gasteiger partial charge in [-0.15, -0.1) is 0 Å². The largest absolute Gasteiger partial charge is 0.331 e. The van der Waals surface area contributed by atoms with Gasteiger partial charge in [-0.25, -0.2) is 13.5 Å². The Kier molecular flexibility index (Phi) is 6.58. The Balaban J connectivity index is 1.73. The van der Waals surface area contributed by atoms with Gasteiger partial charge in [0.15, 0.2) is 0 Å². The number of hydrogen-bond donors (Lipinski definition) is 0. The van der Waals surface area contributed by atoms with Gasteiger partial charge in [0.2, 0.25) is 5.95 Å². The van der Waals surface area contributed by atoms with Crippen molar-refractivity contribution in [3.05, 3.63) is 88.0 Å². The average Bonchev–Trinajstić information content (AvgIpc) is 3.59. The molecule has 4 rings (SSSR count). The van der Waals surface area contributed by atoms with Crippen molar-refractivity contribution in [2.75, 3.05) is 0 Å². The van der Waals surface area contributed by atoms with Crippen LogP contribution in [0.3, 0.4) is 0 Å². The number of benzene rings is 2. The molecule has 0 saturated heterocycles. The zero-order chi connectivity index (χ0) is 23.7. The van der Waals surface area contributed by atoms with Crippen LogP contribution >= 0.6 is 0 Å². The highest BCUT2D eigenvalue weighted by molar-refractivity contribution is 5.96. The lowest BCUT2D eigenvalue weighted by Crippen LogP contribution is -2.34. The van der Waals surface area contributed by atoms with Crippen molar-refractivity contribution in [2.24, 2.45) is 0 Å². The van der Waals surface area contributed by atoms with Gasteiger partial charge < -0.3 is 4.90 Å². The monoisotopic (exact) mass is 455 g/mol. The molecule has 7 heteroatoms. The molecule has 4 nitrogen and oxygen atoms in total. The molecule has 0 radical (unpaired) electrons. The number of amides is 1. The standard InChI is InChI=1S/C26H28F3N3O/c1-4-18-11-10-16(2)14-20(18)15-31(21-12-13-21)26(33)22-23(24(27)28)30-32(25(22)29)17(3)19-8-6-5-7-9-19/h5-11,14,17,21,24H,4,12-13,15H2,1-3H3. The lowest BCUT2D eigenvalue weighted by atomic mass is 10.0. The summed E-state index contributed by atoms with van der Waals surface area (Å²) < 4.78 is 44.3. The van der Waals surface area contributed by atoms with Crippen LogP contribution < -0.4 is 0 Å². The third-order valence-corrected chi connectivity index (χ3v) is 6.28. The van der Waals surface area contributed by atoms with Gasteiger partial charge in [-0.05, 0) is 49.8 Å². The number of alkyl halides is 2. The lowest BCUT2D eigenvalue weighted by molar-refractivity contribution is 0.0711. The van der Waals surface area contributed by atoms with Crippen LogP contribution in [0.4, 0.5) is 13.2 Å². The minimum atomic E-state index is -3.06. The molecule has 1 heterocycles. The minimum absolute atomic E-state index is 0.0810. The van der Waals surface area contributed by atoms with Crippen LogP contribution in [0.25, 0.3) is 0 Å². The second kappa shape index (κ2) is 9.41. The van der Waals surface area contributed by atoms with E-state index in [1.54, 1.807) is 31.2 Å². The van der Waals surface area contributed by atoms with E-state index in [-0.39, 0.29) is 12.6 Å². The molecule has 3 aromatic rings. The van der Waals surface area contributed by atoms with Gasteiger partial charge in [-0.2, -0.15) is 9.49 Å². The predicted octanol–water partition coefficient (Wildman–Crippen LogP) is 6.24. The maximum Gasteiger partial charge on any atom is 0.283 e. The number of carbonyl (C=O) groups is 1. The van der Waals surface area contributed by atoms with Crippen LogP contribution in [-0.2, 0) is 13.0 Å². The average molecular weight is 456 g/mol. The number of aryl methyl sites for hydroxylation is 2. The van der Waals surface area contributed by atoms with Crippen LogP contribution in [0, 0.1) is 12.9 Å². The SMILES string of the molecule is CCc1ccc(C)cc1CN(C(=O)c1c(C(F)F)nn(C(C)c2ccccc2)c1F)C1CC1. The predicted molar refractivity (Wildman–Crippen MR) is 121 cm³/mol. The van der Waals surface area contributed by atoms with Crippen LogP contribution in [0.5, 0.6) is 0 Å². The Labute approximate surface area is 192 Å². The van der Waals surface area contributed by atoms with Gasteiger partial charge in [-0.3, -0.25) is 4.79 Å². The van der Waals surface area contributed by atoms with Crippen LogP contribution in [0.1, 0.15) is 77.5 Å². The smallest absolute Gasteiger partial charge is 0.283 e. The fourth-order valence-electron chi connectivity index (χ4n) is 4.24. The Hall–Kier alpha value is -3.09. The Morgan fingerprint density at radius 1 is 1.15 bits per heavy atom. The maximum atomic E-state index is 15.6. The van der Waals surface area contributed by atoms with Crippen molar-refractivity contribution in [2.45, 2.75) is 65.1 Å². The first-order valence-electron chi connectivity index (χ1n) is 11.3. The summed E-state index contributed by atoms with van der Waals surface area (Å²) >= 11 is 0. The Morgan fingerprint density at radius 2 is 1.85 bits per heavy atom. The molecule has 1 atom stereocenters. The molecule has 174 valence electrons. The normalized spacial score (nSPS) is 14.5. The number of carbonyl (C=O) groups excluding carboxylic acids is 1. The molecule has 1 saturated carbocycles. The summed E-state index contributed by atoms with van der Waals surface area (Å²) in [5.41, 5.74) is 2.39. The Morgan fingerprint density at radius 3 is 2.45 bits per heavy atom. The second-order valence-electron chi connectivity index (χ2n) is 8.67. The molecular formula is C26H28F3N3O. The Bertz CT molecular complexity index is 1140. The molecular weight excluding hydrogens is 427 g/mol. The second-order valence-corrected chi connectivity index (χ2v) is 8.67. The molecule has 0 aliphatic heterocycles. The number of hydrogen-bond acceptors (Lipinski definition) is 2. The van der Waals surface area contributed by atoms with Crippen molar-refractivity contribution in [3.63, 3.8) is 0 Å². The zero-order valence-corrected chi connectivity index (χ0v) is 19.1. The lowest BCUT2D eigenvalue weighted by Gasteiger charge is -2.24. The summed E-state index contributed by atoms with van der Waals surface area (Å²) in [5.74, 6) is -1.74. The van der Waals surface area contributed by atoms with E-state index in [0.29, 0.717) is 5.56 Å². The van der Waals surface area contributed by atoms with Crippen molar-refractivity contribution < 1.29 is 18.0 Å². The third-order valence-electron chi connectivity index (χ3n) is 6.28. The third kappa shape index (κ3) is 4.68. The van der Waals surface area contributed by atoms with Gasteiger partial charge in [0.1, 0.15) is 11.3 Å². The summed E-state index contributed by atoms with van der Waals surface area (Å²) in [4.78, 5) is 15.1. The molecule has 2 aromatic carbocycles. The highest BCUT2D eigenvalue weighted by atomic mass is 19.3. The van der Waals surface area contributed by atoms with E-state index < -0.39 is 35.6 Å². The summed E-state index contributed by atoms with van der Waals surface area (Å²) in [5, 5.41) is 3.87. The van der Waals surface area contributed by atoms with Crippen LogP contribution in [0.2, 0.25) is 0 Å². The fourth-order valence-corrected chi connectivity index (χ4v) is 4.24. The summed E-state index contributed by atoms with van der Waals surface area (Å²) in [7, 11) is 0. The number of halogens is 3. The molecule has 0 bridgehead atoms. The summed E-state index contributed by atoms with van der Waals surface area (Å²) in [6.45, 7) is 5.93. The molecule has 1 aromatic heterocycles. The summed E-state index contributed by atoms with van der Waals surface area (Å²) in [6, 6.07) is 14.3. The quantitative estimate of drug-likeness (QED) is 0.403. The molecule has 1 amide bonds. The van der Waals surface area contributed by atoms with Crippen molar-refractivity contribution in [1.82, 2.24) is 14.7 Å². The van der Waals surface area contributed by atoms with Gasteiger partial charge in [0, 0.05) is 12.6 Å². The van der Waals surface area contributed by atoms with Crippen LogP contribution in [0.15, 0.2) is 48.5 Å². The van der Waals surface area contributed by atoms with Crippen molar-refractivity contribution >= 4 is 5.91 Å². The molecule has 1 fully saturated rings. The van der Waals surface area contributed by atoms with E-state index in [2.05, 4.69) is 5.10 Å². The van der Waals surface area contributed by atoms with Gasteiger partial charge in [0.25, 0.3) is 12.3 Å². The highest BCUT2D eigenvalue weighted by Gasteiger charge is 2.39. The number of rotatable bonds is 8. The van der Waals surface area contributed by atoms with Crippen LogP contribution in [-0.4, -0.2) is 26.6 Å². The fraction of sp³-hybridized carbons (Fsp3) is 0.385. The van der Waals surface area contributed by atoms with E-state index in [1.165, 1.54) is 4.90 Å².